The molecule has 0 aromatic carbocycles. The van der Waals surface area contributed by atoms with E-state index < -0.39 is 6.10 Å². The Balaban J connectivity index is 4.19. The zero-order chi connectivity index (χ0) is 44.4. The number of allylic oxidation sites excluding steroid dienone is 8. The fourth-order valence-electron chi connectivity index (χ4n) is 7.30. The van der Waals surface area contributed by atoms with Gasteiger partial charge in [-0.25, -0.2) is 0 Å². The number of carbonyl (C=O) groups excluding carboxylic acids is 3. The Bertz CT molecular complexity index is 1070. The van der Waals surface area contributed by atoms with E-state index in [1.807, 2.05) is 0 Å². The maximum absolute atomic E-state index is 12.7. The smallest absolute Gasteiger partial charge is 0.306 e. The molecule has 0 rings (SSSR count). The number of carbonyl (C=O) groups is 3. The van der Waals surface area contributed by atoms with Crippen molar-refractivity contribution in [2.75, 3.05) is 13.2 Å². The molecule has 0 fully saturated rings. The second-order valence-corrected chi connectivity index (χ2v) is 17.4. The lowest BCUT2D eigenvalue weighted by molar-refractivity contribution is -0.167. The Labute approximate surface area is 378 Å². The summed E-state index contributed by atoms with van der Waals surface area (Å²) < 4.78 is 16.7. The first-order valence-electron chi connectivity index (χ1n) is 26.1. The van der Waals surface area contributed by atoms with Gasteiger partial charge in [0.05, 0.1) is 0 Å². The molecule has 0 aromatic rings. The lowest BCUT2D eigenvalue weighted by Gasteiger charge is -2.18. The van der Waals surface area contributed by atoms with Gasteiger partial charge in [-0.2, -0.15) is 0 Å². The van der Waals surface area contributed by atoms with Gasteiger partial charge >= 0.3 is 17.9 Å². The molecule has 0 saturated heterocycles. The number of esters is 3. The molecule has 0 N–H and O–H groups in total. The normalized spacial score (nSPS) is 12.4. The number of hydrogen-bond donors (Lipinski definition) is 0. The van der Waals surface area contributed by atoms with E-state index in [0.717, 1.165) is 96.3 Å². The van der Waals surface area contributed by atoms with Crippen LogP contribution in [0.4, 0.5) is 0 Å². The third-order valence-electron chi connectivity index (χ3n) is 11.2. The van der Waals surface area contributed by atoms with Gasteiger partial charge in [-0.3, -0.25) is 14.4 Å². The highest BCUT2D eigenvalue weighted by Gasteiger charge is 2.19. The lowest BCUT2D eigenvalue weighted by atomic mass is 10.0. The maximum Gasteiger partial charge on any atom is 0.306 e. The third-order valence-corrected chi connectivity index (χ3v) is 11.2. The standard InChI is InChI=1S/C55H98O6/c1-4-7-10-13-16-19-22-23-24-25-26-27-28-29-30-31-32-33-34-37-39-42-45-48-54(57)60-51-52(61-55(58)49-46-43-40-36-21-18-15-12-9-6-3)50-59-53(56)47-44-41-38-35-20-17-14-11-8-5-2/h11-12,14-15,22-23,25-26,52H,4-10,13,16-21,24,27-51H2,1-3H3/b14-11-,15-12-,23-22-,26-25-. The molecule has 61 heavy (non-hydrogen) atoms. The van der Waals surface area contributed by atoms with Gasteiger partial charge in [0.2, 0.25) is 0 Å². The molecule has 0 amide bonds. The third kappa shape index (κ3) is 48.3. The van der Waals surface area contributed by atoms with E-state index >= 15 is 0 Å². The minimum Gasteiger partial charge on any atom is -0.462 e. The Hall–Kier alpha value is -2.63. The van der Waals surface area contributed by atoms with Crippen molar-refractivity contribution < 1.29 is 28.6 Å². The van der Waals surface area contributed by atoms with Crippen molar-refractivity contribution in [1.29, 1.82) is 0 Å². The van der Waals surface area contributed by atoms with Gasteiger partial charge in [-0.15, -0.1) is 0 Å². The van der Waals surface area contributed by atoms with Gasteiger partial charge in [0.1, 0.15) is 13.2 Å². The average Bonchev–Trinajstić information content (AvgIpc) is 3.26. The van der Waals surface area contributed by atoms with Crippen LogP contribution in [0.1, 0.15) is 265 Å². The number of unbranched alkanes of at least 4 members (excludes halogenated alkanes) is 28. The summed E-state index contributed by atoms with van der Waals surface area (Å²) in [7, 11) is 0. The zero-order valence-corrected chi connectivity index (χ0v) is 40.4. The second kappa shape index (κ2) is 50.0. The van der Waals surface area contributed by atoms with Crippen molar-refractivity contribution in [2.45, 2.75) is 271 Å². The number of ether oxygens (including phenoxy) is 3. The summed E-state index contributed by atoms with van der Waals surface area (Å²) in [5.41, 5.74) is 0. The highest BCUT2D eigenvalue weighted by Crippen LogP contribution is 2.15. The van der Waals surface area contributed by atoms with Crippen LogP contribution in [0.2, 0.25) is 0 Å². The van der Waals surface area contributed by atoms with Gasteiger partial charge in [-0.05, 0) is 89.9 Å². The fourth-order valence-corrected chi connectivity index (χ4v) is 7.30. The molecule has 6 nitrogen and oxygen atoms in total. The second-order valence-electron chi connectivity index (χ2n) is 17.4. The van der Waals surface area contributed by atoms with Crippen molar-refractivity contribution in [1.82, 2.24) is 0 Å². The van der Waals surface area contributed by atoms with Crippen LogP contribution in [-0.2, 0) is 28.6 Å². The minimum atomic E-state index is -0.778. The van der Waals surface area contributed by atoms with E-state index in [-0.39, 0.29) is 31.1 Å². The molecular formula is C55H98O6. The molecule has 0 saturated carbocycles. The molecule has 0 heterocycles. The molecule has 1 unspecified atom stereocenters. The van der Waals surface area contributed by atoms with E-state index in [1.165, 1.54) is 128 Å². The first-order chi connectivity index (χ1) is 30.0. The number of hydrogen-bond acceptors (Lipinski definition) is 6. The van der Waals surface area contributed by atoms with E-state index in [1.54, 1.807) is 0 Å². The van der Waals surface area contributed by atoms with Crippen LogP contribution >= 0.6 is 0 Å². The zero-order valence-electron chi connectivity index (χ0n) is 40.4. The summed E-state index contributed by atoms with van der Waals surface area (Å²) in [5, 5.41) is 0. The molecule has 1 atom stereocenters. The van der Waals surface area contributed by atoms with Crippen molar-refractivity contribution in [3.8, 4) is 0 Å². The number of rotatable bonds is 47. The van der Waals surface area contributed by atoms with E-state index in [2.05, 4.69) is 69.4 Å². The molecule has 0 aliphatic heterocycles. The maximum atomic E-state index is 12.7. The molecule has 0 spiro atoms. The van der Waals surface area contributed by atoms with Gasteiger partial charge in [0.15, 0.2) is 6.10 Å². The fraction of sp³-hybridized carbons (Fsp3) is 0.800. The molecule has 354 valence electrons. The van der Waals surface area contributed by atoms with Crippen LogP contribution in [0.15, 0.2) is 48.6 Å². The van der Waals surface area contributed by atoms with Crippen LogP contribution in [0.3, 0.4) is 0 Å². The highest BCUT2D eigenvalue weighted by atomic mass is 16.6. The van der Waals surface area contributed by atoms with Crippen LogP contribution in [0.5, 0.6) is 0 Å². The lowest BCUT2D eigenvalue weighted by Crippen LogP contribution is -2.30. The summed E-state index contributed by atoms with van der Waals surface area (Å²) in [6.07, 6.45) is 59.7. The van der Waals surface area contributed by atoms with Crippen molar-refractivity contribution >= 4 is 17.9 Å². The Morgan fingerprint density at radius 3 is 0.984 bits per heavy atom. The minimum absolute atomic E-state index is 0.0796. The van der Waals surface area contributed by atoms with Crippen LogP contribution in [0.25, 0.3) is 0 Å². The summed E-state index contributed by atoms with van der Waals surface area (Å²) in [6.45, 7) is 6.50. The van der Waals surface area contributed by atoms with Gasteiger partial charge < -0.3 is 14.2 Å². The van der Waals surface area contributed by atoms with E-state index in [0.29, 0.717) is 19.3 Å². The molecule has 6 heteroatoms. The monoisotopic (exact) mass is 855 g/mol. The molecule has 0 aromatic heterocycles. The van der Waals surface area contributed by atoms with Gasteiger partial charge in [0, 0.05) is 19.3 Å². The SMILES string of the molecule is CCC/C=C\CCCCCCCC(=O)OCC(COC(=O)CCCCCCCCCCCCC/C=C\C/C=C\CCCCCCC)OC(=O)CCCCCCC/C=C\CCC. The first kappa shape index (κ1) is 58.4. The predicted octanol–water partition coefficient (Wildman–Crippen LogP) is 17.1. The van der Waals surface area contributed by atoms with E-state index in [9.17, 15) is 14.4 Å². The van der Waals surface area contributed by atoms with Crippen LogP contribution < -0.4 is 0 Å². The highest BCUT2D eigenvalue weighted by molar-refractivity contribution is 5.71. The average molecular weight is 855 g/mol. The summed E-state index contributed by atoms with van der Waals surface area (Å²) in [6, 6.07) is 0. The summed E-state index contributed by atoms with van der Waals surface area (Å²) in [5.74, 6) is -0.900. The quantitative estimate of drug-likeness (QED) is 0.0263. The molecule has 0 aliphatic rings. The van der Waals surface area contributed by atoms with Crippen LogP contribution in [-0.4, -0.2) is 37.2 Å². The summed E-state index contributed by atoms with van der Waals surface area (Å²) in [4.78, 5) is 37.8. The Morgan fingerprint density at radius 1 is 0.328 bits per heavy atom. The van der Waals surface area contributed by atoms with Crippen molar-refractivity contribution in [3.63, 3.8) is 0 Å². The molecule has 0 radical (unpaired) electrons. The Kier molecular flexibility index (Phi) is 47.9. The topological polar surface area (TPSA) is 78.9 Å². The Morgan fingerprint density at radius 2 is 0.623 bits per heavy atom. The molecule has 0 aliphatic carbocycles. The van der Waals surface area contributed by atoms with Gasteiger partial charge in [0.25, 0.3) is 0 Å². The van der Waals surface area contributed by atoms with Crippen molar-refractivity contribution in [2.24, 2.45) is 0 Å². The molecular weight excluding hydrogens is 757 g/mol. The van der Waals surface area contributed by atoms with Crippen LogP contribution in [0, 0.1) is 0 Å². The largest absolute Gasteiger partial charge is 0.462 e. The van der Waals surface area contributed by atoms with Crippen molar-refractivity contribution in [3.05, 3.63) is 48.6 Å². The first-order valence-corrected chi connectivity index (χ1v) is 26.1. The summed E-state index contributed by atoms with van der Waals surface area (Å²) >= 11 is 0. The van der Waals surface area contributed by atoms with E-state index in [4.69, 9.17) is 14.2 Å². The van der Waals surface area contributed by atoms with Gasteiger partial charge in [-0.1, -0.05) is 204 Å². The molecule has 0 bridgehead atoms. The predicted molar refractivity (Wildman–Crippen MR) is 261 cm³/mol.